The van der Waals surface area contributed by atoms with Gasteiger partial charge in [0.1, 0.15) is 5.75 Å². The first-order valence-corrected chi connectivity index (χ1v) is 11.5. The lowest BCUT2D eigenvalue weighted by Gasteiger charge is -2.19. The Morgan fingerprint density at radius 1 is 1.12 bits per heavy atom. The predicted octanol–water partition coefficient (Wildman–Crippen LogP) is 3.42. The first-order chi connectivity index (χ1) is 15.4. The third-order valence-electron chi connectivity index (χ3n) is 5.29. The number of rotatable bonds is 7. The van der Waals surface area contributed by atoms with Crippen molar-refractivity contribution < 1.29 is 17.9 Å². The number of carbonyl (C=O) groups excluding carboxylic acids is 1. The van der Waals surface area contributed by atoms with E-state index in [1.54, 1.807) is 73.3 Å². The fourth-order valence-electron chi connectivity index (χ4n) is 3.38. The maximum absolute atomic E-state index is 13.0. The Balaban J connectivity index is 1.76. The van der Waals surface area contributed by atoms with E-state index in [0.29, 0.717) is 33.9 Å². The van der Waals surface area contributed by atoms with Crippen LogP contribution in [0.1, 0.15) is 22.8 Å². The number of hydrogen-bond acceptors (Lipinski definition) is 6. The first-order valence-electron chi connectivity index (χ1n) is 9.94. The number of hydrogen-bond donors (Lipinski definition) is 0. The molecule has 0 amide bonds. The van der Waals surface area contributed by atoms with Crippen LogP contribution in [0.5, 0.6) is 5.75 Å². The summed E-state index contributed by atoms with van der Waals surface area (Å²) < 4.78 is 32.5. The molecule has 0 unspecified atom stereocenters. The second-order valence-corrected chi connectivity index (χ2v) is 9.39. The summed E-state index contributed by atoms with van der Waals surface area (Å²) in [5.74, 6) is 0.468. The minimum atomic E-state index is -3.39. The number of sulfonamides is 1. The number of carbonyl (C=O) groups is 1. The average molecular weight is 451 g/mol. The summed E-state index contributed by atoms with van der Waals surface area (Å²) in [5.41, 5.74) is 3.27. The molecule has 0 bridgehead atoms. The SMILES string of the molecule is CCS(=O)(=O)N(C)c1cccc(-c2ccnc3c(C(=O)c4ccc(OC)cc4)cnn23)c1. The maximum Gasteiger partial charge on any atom is 0.234 e. The van der Waals surface area contributed by atoms with E-state index in [4.69, 9.17) is 4.74 Å². The number of nitrogens with zero attached hydrogens (tertiary/aromatic N) is 4. The summed E-state index contributed by atoms with van der Waals surface area (Å²) in [6.45, 7) is 1.60. The summed E-state index contributed by atoms with van der Waals surface area (Å²) in [6, 6.07) is 15.8. The van der Waals surface area contributed by atoms with Gasteiger partial charge in [0.25, 0.3) is 0 Å². The van der Waals surface area contributed by atoms with Crippen LogP contribution >= 0.6 is 0 Å². The van der Waals surface area contributed by atoms with Crippen molar-refractivity contribution >= 4 is 27.1 Å². The van der Waals surface area contributed by atoms with Crippen LogP contribution < -0.4 is 9.04 Å². The normalized spacial score (nSPS) is 11.5. The van der Waals surface area contributed by atoms with Gasteiger partial charge in [-0.05, 0) is 49.4 Å². The van der Waals surface area contributed by atoms with Crippen molar-refractivity contribution in [2.24, 2.45) is 0 Å². The van der Waals surface area contributed by atoms with Crippen molar-refractivity contribution in [3.63, 3.8) is 0 Å². The zero-order valence-electron chi connectivity index (χ0n) is 17.9. The lowest BCUT2D eigenvalue weighted by Crippen LogP contribution is -2.27. The van der Waals surface area contributed by atoms with Gasteiger partial charge in [-0.3, -0.25) is 9.10 Å². The van der Waals surface area contributed by atoms with Crippen LogP contribution in [0.25, 0.3) is 16.9 Å². The fraction of sp³-hybridized carbons (Fsp3) is 0.174. The van der Waals surface area contributed by atoms with Gasteiger partial charge in [0.15, 0.2) is 11.4 Å². The summed E-state index contributed by atoms with van der Waals surface area (Å²) in [4.78, 5) is 17.4. The van der Waals surface area contributed by atoms with E-state index in [1.807, 2.05) is 6.07 Å². The minimum Gasteiger partial charge on any atom is -0.497 e. The summed E-state index contributed by atoms with van der Waals surface area (Å²) in [6.07, 6.45) is 3.10. The van der Waals surface area contributed by atoms with Gasteiger partial charge in [-0.25, -0.2) is 17.9 Å². The van der Waals surface area contributed by atoms with E-state index >= 15 is 0 Å². The van der Waals surface area contributed by atoms with Crippen molar-refractivity contribution in [1.29, 1.82) is 0 Å². The first kappa shape index (κ1) is 21.5. The Hall–Kier alpha value is -3.72. The van der Waals surface area contributed by atoms with Crippen LogP contribution in [0.2, 0.25) is 0 Å². The van der Waals surface area contributed by atoms with Crippen molar-refractivity contribution in [2.75, 3.05) is 24.2 Å². The van der Waals surface area contributed by atoms with Crippen LogP contribution in [-0.4, -0.2) is 48.7 Å². The highest BCUT2D eigenvalue weighted by Crippen LogP contribution is 2.27. The van der Waals surface area contributed by atoms with E-state index in [9.17, 15) is 13.2 Å². The van der Waals surface area contributed by atoms with Crippen molar-refractivity contribution in [3.05, 3.63) is 78.1 Å². The second kappa shape index (κ2) is 8.43. The number of aromatic nitrogens is 3. The Labute approximate surface area is 186 Å². The van der Waals surface area contributed by atoms with Crippen molar-refractivity contribution in [1.82, 2.24) is 14.6 Å². The Morgan fingerprint density at radius 3 is 2.56 bits per heavy atom. The number of anilines is 1. The van der Waals surface area contributed by atoms with E-state index < -0.39 is 10.0 Å². The quantitative estimate of drug-likeness (QED) is 0.401. The number of fused-ring (bicyclic) bond motifs is 1. The van der Waals surface area contributed by atoms with Gasteiger partial charge in [-0.1, -0.05) is 12.1 Å². The zero-order valence-corrected chi connectivity index (χ0v) is 18.7. The monoisotopic (exact) mass is 450 g/mol. The average Bonchev–Trinajstić information content (AvgIpc) is 3.27. The lowest BCUT2D eigenvalue weighted by atomic mass is 10.1. The molecule has 0 atom stereocenters. The zero-order chi connectivity index (χ0) is 22.9. The third-order valence-corrected chi connectivity index (χ3v) is 7.06. The van der Waals surface area contributed by atoms with E-state index in [2.05, 4.69) is 10.1 Å². The number of benzene rings is 2. The predicted molar refractivity (Wildman–Crippen MR) is 123 cm³/mol. The van der Waals surface area contributed by atoms with Crippen molar-refractivity contribution in [3.8, 4) is 17.0 Å². The molecule has 0 fully saturated rings. The topological polar surface area (TPSA) is 93.9 Å². The summed E-state index contributed by atoms with van der Waals surface area (Å²) >= 11 is 0. The summed E-state index contributed by atoms with van der Waals surface area (Å²) in [7, 11) is -0.296. The van der Waals surface area contributed by atoms with Crippen LogP contribution in [-0.2, 0) is 10.0 Å². The molecule has 0 aliphatic heterocycles. The molecule has 164 valence electrons. The third kappa shape index (κ3) is 3.82. The van der Waals surface area contributed by atoms with Gasteiger partial charge in [0.05, 0.1) is 36.0 Å². The van der Waals surface area contributed by atoms with Gasteiger partial charge in [-0.15, -0.1) is 0 Å². The van der Waals surface area contributed by atoms with E-state index in [-0.39, 0.29) is 11.5 Å². The smallest absolute Gasteiger partial charge is 0.234 e. The van der Waals surface area contributed by atoms with E-state index in [1.165, 1.54) is 17.5 Å². The Bertz CT molecular complexity index is 1400. The highest BCUT2D eigenvalue weighted by molar-refractivity contribution is 7.92. The largest absolute Gasteiger partial charge is 0.497 e. The maximum atomic E-state index is 13.0. The molecular formula is C23H22N4O4S. The molecule has 8 nitrogen and oxygen atoms in total. The molecule has 2 aromatic carbocycles. The molecule has 32 heavy (non-hydrogen) atoms. The molecule has 0 spiro atoms. The molecule has 0 saturated heterocycles. The molecule has 0 radical (unpaired) electrons. The molecule has 0 aliphatic rings. The van der Waals surface area contributed by atoms with Gasteiger partial charge in [-0.2, -0.15) is 5.10 Å². The van der Waals surface area contributed by atoms with Crippen LogP contribution in [0, 0.1) is 0 Å². The minimum absolute atomic E-state index is 0.00319. The molecule has 0 aliphatic carbocycles. The standard InChI is InChI=1S/C23H22N4O4S/c1-4-32(29,30)26(2)18-7-5-6-17(14-18)21-12-13-24-23-20(15-25-27(21)23)22(28)16-8-10-19(31-3)11-9-16/h5-15H,4H2,1-3H3. The molecule has 0 saturated carbocycles. The van der Waals surface area contributed by atoms with Gasteiger partial charge >= 0.3 is 0 Å². The van der Waals surface area contributed by atoms with Gasteiger partial charge in [0, 0.05) is 24.4 Å². The molecule has 2 aromatic heterocycles. The van der Waals surface area contributed by atoms with Gasteiger partial charge < -0.3 is 4.74 Å². The highest BCUT2D eigenvalue weighted by atomic mass is 32.2. The van der Waals surface area contributed by atoms with Gasteiger partial charge in [0.2, 0.25) is 10.0 Å². The molecule has 0 N–H and O–H groups in total. The van der Waals surface area contributed by atoms with Crippen LogP contribution in [0.4, 0.5) is 5.69 Å². The molecule has 2 heterocycles. The number of ether oxygens (including phenoxy) is 1. The fourth-order valence-corrected chi connectivity index (χ4v) is 4.21. The molecule has 4 aromatic rings. The van der Waals surface area contributed by atoms with Crippen LogP contribution in [0.3, 0.4) is 0 Å². The number of methoxy groups -OCH3 is 1. The second-order valence-electron chi connectivity index (χ2n) is 7.10. The Morgan fingerprint density at radius 2 is 1.88 bits per heavy atom. The lowest BCUT2D eigenvalue weighted by molar-refractivity contribution is 0.104. The van der Waals surface area contributed by atoms with Crippen molar-refractivity contribution in [2.45, 2.75) is 6.92 Å². The Kier molecular flexibility index (Phi) is 5.67. The molecular weight excluding hydrogens is 428 g/mol. The summed E-state index contributed by atoms with van der Waals surface area (Å²) in [5, 5.41) is 4.39. The number of ketones is 1. The van der Waals surface area contributed by atoms with Crippen LogP contribution in [0.15, 0.2) is 67.0 Å². The van der Waals surface area contributed by atoms with E-state index in [0.717, 1.165) is 5.56 Å². The molecule has 4 rings (SSSR count). The highest BCUT2D eigenvalue weighted by Gasteiger charge is 2.19. The molecule has 9 heteroatoms.